The number of nitrogens with one attached hydrogen (secondary N) is 3. The zero-order chi connectivity index (χ0) is 20.6. The summed E-state index contributed by atoms with van der Waals surface area (Å²) in [6.07, 6.45) is 2.54. The highest BCUT2D eigenvalue weighted by atomic mass is 16.1. The zero-order valence-corrected chi connectivity index (χ0v) is 17.5. The molecule has 3 rings (SSSR count). The summed E-state index contributed by atoms with van der Waals surface area (Å²) in [6.45, 7) is 1.52. The van der Waals surface area contributed by atoms with Gasteiger partial charge in [-0.15, -0.1) is 0 Å². The monoisotopic (exact) mass is 393 g/mol. The Kier molecular flexibility index (Phi) is 7.11. The van der Waals surface area contributed by atoms with Gasteiger partial charge < -0.3 is 20.9 Å². The molecule has 0 fully saturated rings. The molecule has 0 spiro atoms. The van der Waals surface area contributed by atoms with Crippen molar-refractivity contribution in [3.05, 3.63) is 59.7 Å². The van der Waals surface area contributed by atoms with Crippen molar-refractivity contribution in [2.45, 2.75) is 25.2 Å². The molecule has 154 valence electrons. The van der Waals surface area contributed by atoms with Crippen LogP contribution in [0, 0.1) is 0 Å². The highest BCUT2D eigenvalue weighted by molar-refractivity contribution is 5.94. The lowest BCUT2D eigenvalue weighted by atomic mass is 9.90. The molecule has 1 aliphatic heterocycles. The Bertz CT molecular complexity index is 845. The summed E-state index contributed by atoms with van der Waals surface area (Å²) in [5.74, 6) is 0.990. The Morgan fingerprint density at radius 1 is 1.14 bits per heavy atom. The van der Waals surface area contributed by atoms with Crippen LogP contribution in [0.15, 0.2) is 53.5 Å². The van der Waals surface area contributed by atoms with E-state index in [0.717, 1.165) is 31.0 Å². The van der Waals surface area contributed by atoms with Gasteiger partial charge in [-0.25, -0.2) is 0 Å². The molecule has 6 heteroatoms. The average Bonchev–Trinajstić information content (AvgIpc) is 2.73. The number of fused-ring (bicyclic) bond motifs is 1. The molecule has 0 aromatic heterocycles. The Balaban J connectivity index is 1.44. The molecule has 6 nitrogen and oxygen atoms in total. The van der Waals surface area contributed by atoms with Crippen LogP contribution in [0.1, 0.15) is 29.9 Å². The van der Waals surface area contributed by atoms with E-state index in [2.05, 4.69) is 70.3 Å². The van der Waals surface area contributed by atoms with Crippen LogP contribution in [0.4, 0.5) is 11.4 Å². The third kappa shape index (κ3) is 5.73. The first kappa shape index (κ1) is 20.7. The second-order valence-corrected chi connectivity index (χ2v) is 7.58. The zero-order valence-electron chi connectivity index (χ0n) is 17.5. The highest BCUT2D eigenvalue weighted by Crippen LogP contribution is 2.31. The average molecular weight is 394 g/mol. The summed E-state index contributed by atoms with van der Waals surface area (Å²) in [7, 11) is 5.88. The minimum atomic E-state index is 0.0683. The smallest absolute Gasteiger partial charge is 0.225 e. The van der Waals surface area contributed by atoms with Gasteiger partial charge in [0.05, 0.1) is 0 Å². The van der Waals surface area contributed by atoms with Crippen molar-refractivity contribution >= 4 is 23.2 Å². The van der Waals surface area contributed by atoms with Gasteiger partial charge in [-0.05, 0) is 42.2 Å². The number of carbonyl (C=O) groups is 1. The molecular formula is C23H31N5O. The van der Waals surface area contributed by atoms with E-state index >= 15 is 0 Å². The number of nitrogens with zero attached hydrogens (tertiary/aromatic N) is 2. The van der Waals surface area contributed by atoms with Crippen LogP contribution in [-0.2, 0) is 11.2 Å². The maximum Gasteiger partial charge on any atom is 0.225 e. The van der Waals surface area contributed by atoms with Gasteiger partial charge >= 0.3 is 0 Å². The number of carbonyl (C=O) groups excluding carboxylic acids is 1. The number of hydrogen-bond acceptors (Lipinski definition) is 3. The Hall–Kier alpha value is -3.02. The Labute approximate surface area is 173 Å². The molecule has 2 aromatic carbocycles. The summed E-state index contributed by atoms with van der Waals surface area (Å²) in [6, 6.07) is 16.7. The molecule has 1 unspecified atom stereocenters. The van der Waals surface area contributed by atoms with E-state index in [1.165, 1.54) is 16.8 Å². The molecule has 0 radical (unpaired) electrons. The summed E-state index contributed by atoms with van der Waals surface area (Å²) < 4.78 is 0. The summed E-state index contributed by atoms with van der Waals surface area (Å²) in [5.41, 5.74) is 4.65. The summed E-state index contributed by atoms with van der Waals surface area (Å²) in [4.78, 5) is 18.4. The third-order valence-electron chi connectivity index (χ3n) is 5.23. The van der Waals surface area contributed by atoms with Crippen LogP contribution < -0.4 is 20.9 Å². The quantitative estimate of drug-likeness (QED) is 0.384. The fraction of sp³-hybridized carbons (Fsp3) is 0.391. The van der Waals surface area contributed by atoms with Gasteiger partial charge in [0.1, 0.15) is 0 Å². The molecule has 3 N–H and O–H groups in total. The highest BCUT2D eigenvalue weighted by Gasteiger charge is 2.24. The number of para-hydroxylation sites is 1. The SMILES string of the molecule is CN=C(NCCCc1ccc(N(C)C)cc1)NCC1CC(=O)Nc2ccccc21. The van der Waals surface area contributed by atoms with Gasteiger partial charge in [0, 0.05) is 57.9 Å². The normalized spacial score (nSPS) is 16.0. The lowest BCUT2D eigenvalue weighted by Gasteiger charge is -2.26. The van der Waals surface area contributed by atoms with E-state index in [9.17, 15) is 4.79 Å². The molecule has 0 saturated carbocycles. The van der Waals surface area contributed by atoms with Crippen molar-refractivity contribution in [3.8, 4) is 0 Å². The first-order valence-electron chi connectivity index (χ1n) is 10.2. The molecule has 0 aliphatic carbocycles. The number of aryl methyl sites for hydroxylation is 1. The fourth-order valence-corrected chi connectivity index (χ4v) is 3.58. The van der Waals surface area contributed by atoms with Crippen molar-refractivity contribution < 1.29 is 4.79 Å². The predicted octanol–water partition coefficient (Wildman–Crippen LogP) is 2.98. The standard InChI is InChI=1S/C23H31N5O/c1-24-23(25-14-6-7-17-10-12-19(13-11-17)28(2)3)26-16-18-15-22(29)27-21-9-5-4-8-20(18)21/h4-5,8-13,18H,6-7,14-16H2,1-3H3,(H,27,29)(H2,24,25,26). The number of amides is 1. The molecular weight excluding hydrogens is 362 g/mol. The van der Waals surface area contributed by atoms with Crippen molar-refractivity contribution in [2.24, 2.45) is 4.99 Å². The second kappa shape index (κ2) is 9.96. The Morgan fingerprint density at radius 2 is 1.90 bits per heavy atom. The van der Waals surface area contributed by atoms with Crippen LogP contribution in [0.2, 0.25) is 0 Å². The fourth-order valence-electron chi connectivity index (χ4n) is 3.58. The van der Waals surface area contributed by atoms with Gasteiger partial charge in [0.25, 0.3) is 0 Å². The van der Waals surface area contributed by atoms with Crippen LogP contribution in [0.25, 0.3) is 0 Å². The number of hydrogen-bond donors (Lipinski definition) is 3. The van der Waals surface area contributed by atoms with Gasteiger partial charge in [-0.3, -0.25) is 9.79 Å². The lowest BCUT2D eigenvalue weighted by molar-refractivity contribution is -0.116. The molecule has 1 atom stereocenters. The van der Waals surface area contributed by atoms with Crippen LogP contribution in [-0.4, -0.2) is 46.1 Å². The molecule has 0 bridgehead atoms. The van der Waals surface area contributed by atoms with Crippen molar-refractivity contribution in [1.82, 2.24) is 10.6 Å². The maximum absolute atomic E-state index is 12.0. The van der Waals surface area contributed by atoms with E-state index in [0.29, 0.717) is 13.0 Å². The van der Waals surface area contributed by atoms with Crippen LogP contribution >= 0.6 is 0 Å². The molecule has 1 heterocycles. The number of aliphatic imine (C=N–C) groups is 1. The van der Waals surface area contributed by atoms with Gasteiger partial charge in [0.2, 0.25) is 5.91 Å². The van der Waals surface area contributed by atoms with Gasteiger partial charge in [0.15, 0.2) is 5.96 Å². The summed E-state index contributed by atoms with van der Waals surface area (Å²) >= 11 is 0. The van der Waals surface area contributed by atoms with Crippen molar-refractivity contribution in [1.29, 1.82) is 0 Å². The van der Waals surface area contributed by atoms with E-state index in [-0.39, 0.29) is 11.8 Å². The maximum atomic E-state index is 12.0. The Morgan fingerprint density at radius 3 is 2.62 bits per heavy atom. The minimum absolute atomic E-state index is 0.0683. The number of guanidine groups is 1. The molecule has 29 heavy (non-hydrogen) atoms. The molecule has 1 aliphatic rings. The van der Waals surface area contributed by atoms with Gasteiger partial charge in [-0.1, -0.05) is 30.3 Å². The third-order valence-corrected chi connectivity index (χ3v) is 5.23. The van der Waals surface area contributed by atoms with Gasteiger partial charge in [-0.2, -0.15) is 0 Å². The molecule has 1 amide bonds. The minimum Gasteiger partial charge on any atom is -0.378 e. The molecule has 2 aromatic rings. The summed E-state index contributed by atoms with van der Waals surface area (Å²) in [5, 5.41) is 9.69. The number of anilines is 2. The lowest BCUT2D eigenvalue weighted by Crippen LogP contribution is -2.41. The topological polar surface area (TPSA) is 68.8 Å². The first-order valence-corrected chi connectivity index (χ1v) is 10.2. The second-order valence-electron chi connectivity index (χ2n) is 7.58. The molecule has 0 saturated heterocycles. The number of rotatable bonds is 7. The van der Waals surface area contributed by atoms with E-state index in [4.69, 9.17) is 0 Å². The van der Waals surface area contributed by atoms with E-state index in [1.807, 2.05) is 18.2 Å². The van der Waals surface area contributed by atoms with Crippen LogP contribution in [0.3, 0.4) is 0 Å². The first-order chi connectivity index (χ1) is 14.1. The van der Waals surface area contributed by atoms with E-state index in [1.54, 1.807) is 7.05 Å². The van der Waals surface area contributed by atoms with E-state index < -0.39 is 0 Å². The van der Waals surface area contributed by atoms with Crippen LogP contribution in [0.5, 0.6) is 0 Å². The predicted molar refractivity (Wildman–Crippen MR) is 121 cm³/mol. The van der Waals surface area contributed by atoms with Crippen molar-refractivity contribution in [2.75, 3.05) is 44.4 Å². The number of benzene rings is 2. The largest absolute Gasteiger partial charge is 0.378 e. The van der Waals surface area contributed by atoms with Crippen molar-refractivity contribution in [3.63, 3.8) is 0 Å².